The molecule has 0 aliphatic heterocycles. The van der Waals surface area contributed by atoms with Crippen LogP contribution in [0.3, 0.4) is 0 Å². The minimum Gasteiger partial charge on any atom is -0.477 e. The summed E-state index contributed by atoms with van der Waals surface area (Å²) >= 11 is 1.33. The van der Waals surface area contributed by atoms with Gasteiger partial charge in [-0.15, -0.1) is 11.3 Å². The van der Waals surface area contributed by atoms with Gasteiger partial charge in [0.05, 0.1) is 11.3 Å². The Kier molecular flexibility index (Phi) is 4.35. The second-order valence-corrected chi connectivity index (χ2v) is 5.90. The number of anilines is 1. The van der Waals surface area contributed by atoms with E-state index in [-0.39, 0.29) is 17.2 Å². The SMILES string of the molecule is Cc1ccccc1-c1csc(NC(=O)c2ccc(C(=O)O)nc2)n1. The molecule has 0 atom stereocenters. The maximum Gasteiger partial charge on any atom is 0.354 e. The Morgan fingerprint density at radius 1 is 1.17 bits per heavy atom. The molecule has 2 N–H and O–H groups in total. The molecule has 0 bridgehead atoms. The van der Waals surface area contributed by atoms with E-state index in [0.29, 0.717) is 5.13 Å². The number of benzene rings is 1. The lowest BCUT2D eigenvalue weighted by Crippen LogP contribution is -2.12. The third-order valence-corrected chi connectivity index (χ3v) is 4.15. The predicted molar refractivity (Wildman–Crippen MR) is 91.4 cm³/mol. The van der Waals surface area contributed by atoms with Gasteiger partial charge >= 0.3 is 5.97 Å². The summed E-state index contributed by atoms with van der Waals surface area (Å²) in [5.41, 5.74) is 3.08. The fourth-order valence-electron chi connectivity index (χ4n) is 2.14. The number of hydrogen-bond acceptors (Lipinski definition) is 5. The van der Waals surface area contributed by atoms with Crippen molar-refractivity contribution in [2.24, 2.45) is 0 Å². The van der Waals surface area contributed by atoms with Gasteiger partial charge in [-0.2, -0.15) is 0 Å². The largest absolute Gasteiger partial charge is 0.477 e. The van der Waals surface area contributed by atoms with Crippen molar-refractivity contribution in [2.75, 3.05) is 5.32 Å². The van der Waals surface area contributed by atoms with Gasteiger partial charge in [0.15, 0.2) is 5.13 Å². The summed E-state index contributed by atoms with van der Waals surface area (Å²) in [4.78, 5) is 31.1. The van der Waals surface area contributed by atoms with E-state index in [4.69, 9.17) is 5.11 Å². The summed E-state index contributed by atoms with van der Waals surface area (Å²) in [6.45, 7) is 2.00. The predicted octanol–water partition coefficient (Wildman–Crippen LogP) is 3.46. The molecule has 0 radical (unpaired) electrons. The Bertz CT molecular complexity index is 903. The molecule has 3 rings (SSSR count). The number of rotatable bonds is 4. The van der Waals surface area contributed by atoms with E-state index >= 15 is 0 Å². The van der Waals surface area contributed by atoms with E-state index < -0.39 is 5.97 Å². The van der Waals surface area contributed by atoms with Crippen molar-refractivity contribution in [3.05, 3.63) is 64.8 Å². The van der Waals surface area contributed by atoms with Crippen molar-refractivity contribution in [3.63, 3.8) is 0 Å². The van der Waals surface area contributed by atoms with Gasteiger partial charge in [-0.25, -0.2) is 14.8 Å². The van der Waals surface area contributed by atoms with E-state index in [1.54, 1.807) is 0 Å². The van der Waals surface area contributed by atoms with Crippen molar-refractivity contribution in [1.82, 2.24) is 9.97 Å². The number of carbonyl (C=O) groups excluding carboxylic acids is 1. The average Bonchev–Trinajstić information content (AvgIpc) is 3.03. The van der Waals surface area contributed by atoms with Gasteiger partial charge < -0.3 is 5.11 Å². The van der Waals surface area contributed by atoms with Gasteiger partial charge in [-0.1, -0.05) is 24.3 Å². The van der Waals surface area contributed by atoms with Gasteiger partial charge in [0.25, 0.3) is 5.91 Å². The van der Waals surface area contributed by atoms with Gasteiger partial charge in [-0.3, -0.25) is 10.1 Å². The number of aromatic nitrogens is 2. The molecule has 0 fully saturated rings. The minimum atomic E-state index is -1.13. The first-order valence-electron chi connectivity index (χ1n) is 7.07. The Labute approximate surface area is 141 Å². The normalized spacial score (nSPS) is 10.4. The first-order valence-corrected chi connectivity index (χ1v) is 7.95. The first-order chi connectivity index (χ1) is 11.5. The van der Waals surface area contributed by atoms with Crippen LogP contribution in [0.5, 0.6) is 0 Å². The van der Waals surface area contributed by atoms with Gasteiger partial charge in [0, 0.05) is 17.1 Å². The average molecular weight is 339 g/mol. The Hall–Kier alpha value is -3.06. The Morgan fingerprint density at radius 3 is 2.62 bits per heavy atom. The maximum absolute atomic E-state index is 12.2. The van der Waals surface area contributed by atoms with E-state index in [1.807, 2.05) is 36.6 Å². The molecule has 0 aliphatic carbocycles. The number of nitrogens with zero attached hydrogens (tertiary/aromatic N) is 2. The van der Waals surface area contributed by atoms with Crippen LogP contribution in [0.4, 0.5) is 5.13 Å². The summed E-state index contributed by atoms with van der Waals surface area (Å²) in [5, 5.41) is 13.9. The highest BCUT2D eigenvalue weighted by Gasteiger charge is 2.12. The summed E-state index contributed by atoms with van der Waals surface area (Å²) in [6.07, 6.45) is 1.23. The molecular weight excluding hydrogens is 326 g/mol. The van der Waals surface area contributed by atoms with Crippen LogP contribution in [0, 0.1) is 6.92 Å². The molecule has 24 heavy (non-hydrogen) atoms. The molecule has 2 aromatic heterocycles. The van der Waals surface area contributed by atoms with Crippen LogP contribution in [-0.4, -0.2) is 27.0 Å². The highest BCUT2D eigenvalue weighted by molar-refractivity contribution is 7.14. The Morgan fingerprint density at radius 2 is 1.96 bits per heavy atom. The van der Waals surface area contributed by atoms with Crippen LogP contribution in [0.2, 0.25) is 0 Å². The number of carbonyl (C=O) groups is 2. The summed E-state index contributed by atoms with van der Waals surface area (Å²) in [7, 11) is 0. The maximum atomic E-state index is 12.2. The summed E-state index contributed by atoms with van der Waals surface area (Å²) in [5.74, 6) is -1.52. The molecule has 1 aromatic carbocycles. The standard InChI is InChI=1S/C17H13N3O3S/c1-10-4-2-3-5-12(10)14-9-24-17(19-14)20-15(21)11-6-7-13(16(22)23)18-8-11/h2-9H,1H3,(H,22,23)(H,19,20,21). The number of aromatic carboxylic acids is 1. The van der Waals surface area contributed by atoms with Crippen LogP contribution in [0.1, 0.15) is 26.4 Å². The monoisotopic (exact) mass is 339 g/mol. The quantitative estimate of drug-likeness (QED) is 0.759. The fraction of sp³-hybridized carbons (Fsp3) is 0.0588. The lowest BCUT2D eigenvalue weighted by atomic mass is 10.1. The second kappa shape index (κ2) is 6.59. The molecule has 6 nitrogen and oxygen atoms in total. The van der Waals surface area contributed by atoms with Crippen LogP contribution < -0.4 is 5.32 Å². The van der Waals surface area contributed by atoms with Crippen molar-refractivity contribution >= 4 is 28.3 Å². The lowest BCUT2D eigenvalue weighted by molar-refractivity contribution is 0.0690. The van der Waals surface area contributed by atoms with E-state index in [2.05, 4.69) is 15.3 Å². The van der Waals surface area contributed by atoms with Crippen molar-refractivity contribution in [1.29, 1.82) is 0 Å². The topological polar surface area (TPSA) is 92.2 Å². The molecule has 2 heterocycles. The number of nitrogens with one attached hydrogen (secondary N) is 1. The zero-order valence-corrected chi connectivity index (χ0v) is 13.5. The number of thiazole rings is 1. The highest BCUT2D eigenvalue weighted by atomic mass is 32.1. The van der Waals surface area contributed by atoms with Crippen molar-refractivity contribution < 1.29 is 14.7 Å². The minimum absolute atomic E-state index is 0.109. The van der Waals surface area contributed by atoms with Crippen LogP contribution in [0.25, 0.3) is 11.3 Å². The summed E-state index contributed by atoms with van der Waals surface area (Å²) < 4.78 is 0. The van der Waals surface area contributed by atoms with Gasteiger partial charge in [0.1, 0.15) is 5.69 Å². The molecule has 0 saturated carbocycles. The molecule has 0 unspecified atom stereocenters. The van der Waals surface area contributed by atoms with Crippen LogP contribution in [-0.2, 0) is 0 Å². The van der Waals surface area contributed by atoms with Crippen LogP contribution in [0.15, 0.2) is 48.0 Å². The zero-order chi connectivity index (χ0) is 17.1. The van der Waals surface area contributed by atoms with Gasteiger partial charge in [-0.05, 0) is 24.6 Å². The number of hydrogen-bond donors (Lipinski definition) is 2. The Balaban J connectivity index is 1.76. The van der Waals surface area contributed by atoms with Crippen molar-refractivity contribution in [2.45, 2.75) is 6.92 Å². The van der Waals surface area contributed by atoms with Crippen LogP contribution >= 0.6 is 11.3 Å². The molecule has 1 amide bonds. The van der Waals surface area contributed by atoms with E-state index in [0.717, 1.165) is 16.8 Å². The first kappa shape index (κ1) is 15.8. The zero-order valence-electron chi connectivity index (χ0n) is 12.7. The smallest absolute Gasteiger partial charge is 0.354 e. The lowest BCUT2D eigenvalue weighted by Gasteiger charge is -2.02. The third kappa shape index (κ3) is 3.31. The number of pyridine rings is 1. The van der Waals surface area contributed by atoms with Crippen molar-refractivity contribution in [3.8, 4) is 11.3 Å². The van der Waals surface area contributed by atoms with E-state index in [1.165, 1.54) is 29.7 Å². The molecular formula is C17H13N3O3S. The fourth-order valence-corrected chi connectivity index (χ4v) is 2.84. The molecule has 0 aliphatic rings. The number of carboxylic acids is 1. The highest BCUT2D eigenvalue weighted by Crippen LogP contribution is 2.27. The molecule has 3 aromatic rings. The number of aryl methyl sites for hydroxylation is 1. The van der Waals surface area contributed by atoms with E-state index in [9.17, 15) is 9.59 Å². The summed E-state index contributed by atoms with van der Waals surface area (Å²) in [6, 6.07) is 10.6. The second-order valence-electron chi connectivity index (χ2n) is 5.04. The number of amides is 1. The van der Waals surface area contributed by atoms with Gasteiger partial charge in [0.2, 0.25) is 0 Å². The molecule has 0 spiro atoms. The molecule has 7 heteroatoms. The molecule has 120 valence electrons. The number of carboxylic acid groups (broad SMARTS) is 1. The molecule has 0 saturated heterocycles. The third-order valence-electron chi connectivity index (χ3n) is 3.39.